The number of halogens is 1. The minimum absolute atomic E-state index is 0.0295. The predicted molar refractivity (Wildman–Crippen MR) is 114 cm³/mol. The number of rotatable bonds is 6. The van der Waals surface area contributed by atoms with E-state index in [0.717, 1.165) is 16.8 Å². The van der Waals surface area contributed by atoms with E-state index in [-0.39, 0.29) is 5.75 Å². The normalized spacial score (nSPS) is 10.6. The number of amides is 3. The van der Waals surface area contributed by atoms with Crippen LogP contribution in [-0.2, 0) is 4.79 Å². The molecule has 2 N–H and O–H groups in total. The van der Waals surface area contributed by atoms with Crippen LogP contribution in [0.25, 0.3) is 17.1 Å². The molecule has 150 valence electrons. The second-order valence-corrected chi connectivity index (χ2v) is 7.56. The quantitative estimate of drug-likeness (QED) is 0.581. The molecule has 0 aliphatic carbocycles. The molecular weight excluding hydrogens is 410 g/mol. The highest BCUT2D eigenvalue weighted by Gasteiger charge is 2.18. The molecule has 0 aliphatic heterocycles. The van der Waals surface area contributed by atoms with Crippen molar-refractivity contribution in [3.63, 3.8) is 0 Å². The van der Waals surface area contributed by atoms with E-state index in [1.54, 1.807) is 19.1 Å². The Balaban J connectivity index is 1.90. The third-order valence-corrected chi connectivity index (χ3v) is 5.10. The van der Waals surface area contributed by atoms with Gasteiger partial charge in [-0.3, -0.25) is 14.7 Å². The Morgan fingerprint density at radius 1 is 1.14 bits per heavy atom. The summed E-state index contributed by atoms with van der Waals surface area (Å²) >= 11 is 7.21. The monoisotopic (exact) mass is 429 g/mol. The highest BCUT2D eigenvalue weighted by molar-refractivity contribution is 7.99. The van der Waals surface area contributed by atoms with Crippen LogP contribution in [0.5, 0.6) is 0 Å². The average molecular weight is 430 g/mol. The highest BCUT2D eigenvalue weighted by Crippen LogP contribution is 2.29. The maximum atomic E-state index is 12.1. The fourth-order valence-corrected chi connectivity index (χ4v) is 3.52. The Bertz CT molecular complexity index is 1020. The molecule has 0 fully saturated rings. The molecule has 7 nitrogen and oxygen atoms in total. The Hall–Kier alpha value is -2.84. The summed E-state index contributed by atoms with van der Waals surface area (Å²) in [5.74, 6) is 0.258. The number of urea groups is 1. The number of aryl methyl sites for hydroxylation is 1. The van der Waals surface area contributed by atoms with E-state index < -0.39 is 11.9 Å². The maximum absolute atomic E-state index is 12.1. The van der Waals surface area contributed by atoms with E-state index in [9.17, 15) is 9.59 Å². The van der Waals surface area contributed by atoms with Gasteiger partial charge in [0, 0.05) is 22.8 Å². The number of benzene rings is 2. The van der Waals surface area contributed by atoms with Crippen molar-refractivity contribution < 1.29 is 9.59 Å². The number of imide groups is 1. The maximum Gasteiger partial charge on any atom is 0.321 e. The van der Waals surface area contributed by atoms with Crippen molar-refractivity contribution in [2.75, 3.05) is 12.3 Å². The first kappa shape index (κ1) is 20.9. The van der Waals surface area contributed by atoms with Crippen LogP contribution in [0.3, 0.4) is 0 Å². The lowest BCUT2D eigenvalue weighted by molar-refractivity contribution is -0.117. The number of thioether (sulfide) groups is 1. The molecule has 0 radical (unpaired) electrons. The topological polar surface area (TPSA) is 88.9 Å². The molecule has 3 amide bonds. The largest absolute Gasteiger partial charge is 0.338 e. The number of aromatic nitrogens is 3. The van der Waals surface area contributed by atoms with Gasteiger partial charge in [0.2, 0.25) is 5.91 Å². The van der Waals surface area contributed by atoms with E-state index in [1.165, 1.54) is 11.8 Å². The summed E-state index contributed by atoms with van der Waals surface area (Å²) in [6, 6.07) is 14.7. The first-order valence-electron chi connectivity index (χ1n) is 8.97. The molecule has 1 aromatic heterocycles. The minimum atomic E-state index is -0.514. The number of hydrogen-bond donors (Lipinski definition) is 2. The van der Waals surface area contributed by atoms with Crippen LogP contribution < -0.4 is 10.6 Å². The molecule has 3 aromatic rings. The smallest absolute Gasteiger partial charge is 0.321 e. The summed E-state index contributed by atoms with van der Waals surface area (Å²) in [6.45, 7) is 4.22. The third kappa shape index (κ3) is 5.36. The van der Waals surface area contributed by atoms with Gasteiger partial charge in [-0.2, -0.15) is 0 Å². The fourth-order valence-electron chi connectivity index (χ4n) is 2.65. The third-order valence-electron chi connectivity index (χ3n) is 3.92. The van der Waals surface area contributed by atoms with E-state index in [1.807, 2.05) is 47.9 Å². The van der Waals surface area contributed by atoms with E-state index >= 15 is 0 Å². The molecule has 0 saturated carbocycles. The molecule has 0 spiro atoms. The first-order valence-corrected chi connectivity index (χ1v) is 10.3. The average Bonchev–Trinajstić information content (AvgIpc) is 3.11. The number of nitrogens with one attached hydrogen (secondary N) is 2. The molecule has 0 aliphatic rings. The SMILES string of the molecule is CCNC(=O)NC(=O)CSc1nnc(-c2ccc(Cl)cc2)n1-c1cccc(C)c1. The lowest BCUT2D eigenvalue weighted by atomic mass is 10.2. The van der Waals surface area contributed by atoms with Crippen molar-refractivity contribution in [2.45, 2.75) is 19.0 Å². The summed E-state index contributed by atoms with van der Waals surface area (Å²) < 4.78 is 1.89. The van der Waals surface area contributed by atoms with Crippen LogP contribution in [-0.4, -0.2) is 39.0 Å². The van der Waals surface area contributed by atoms with Gasteiger partial charge in [0.25, 0.3) is 0 Å². The van der Waals surface area contributed by atoms with Gasteiger partial charge in [-0.15, -0.1) is 10.2 Å². The standard InChI is InChI=1S/C20H20ClN5O2S/c1-3-22-19(28)23-17(27)12-29-20-25-24-18(14-7-9-15(21)10-8-14)26(20)16-6-4-5-13(2)11-16/h4-11H,3,12H2,1-2H3,(H2,22,23,27,28). The Labute approximate surface area is 177 Å². The zero-order valence-corrected chi connectivity index (χ0v) is 17.5. The predicted octanol–water partition coefficient (Wildman–Crippen LogP) is 3.83. The number of carbonyl (C=O) groups excluding carboxylic acids is 2. The van der Waals surface area contributed by atoms with E-state index in [2.05, 4.69) is 20.8 Å². The number of carbonyl (C=O) groups is 2. The summed E-state index contributed by atoms with van der Waals surface area (Å²) in [5.41, 5.74) is 2.82. The van der Waals surface area contributed by atoms with Gasteiger partial charge in [-0.05, 0) is 55.8 Å². The first-order chi connectivity index (χ1) is 14.0. The molecule has 0 bridgehead atoms. The summed E-state index contributed by atoms with van der Waals surface area (Å²) in [7, 11) is 0. The molecule has 0 atom stereocenters. The summed E-state index contributed by atoms with van der Waals surface area (Å²) in [5, 5.41) is 14.6. The van der Waals surface area contributed by atoms with Crippen molar-refractivity contribution in [1.29, 1.82) is 0 Å². The summed E-state index contributed by atoms with van der Waals surface area (Å²) in [6.07, 6.45) is 0. The van der Waals surface area contributed by atoms with Crippen LogP contribution in [0.2, 0.25) is 5.02 Å². The van der Waals surface area contributed by atoms with Crippen LogP contribution in [0, 0.1) is 6.92 Å². The van der Waals surface area contributed by atoms with Crippen molar-refractivity contribution in [3.05, 3.63) is 59.1 Å². The second-order valence-electron chi connectivity index (χ2n) is 6.18. The van der Waals surface area contributed by atoms with Crippen molar-refractivity contribution >= 4 is 35.3 Å². The van der Waals surface area contributed by atoms with Crippen molar-refractivity contribution in [3.8, 4) is 17.1 Å². The summed E-state index contributed by atoms with van der Waals surface area (Å²) in [4.78, 5) is 23.6. The highest BCUT2D eigenvalue weighted by atomic mass is 35.5. The zero-order chi connectivity index (χ0) is 20.8. The van der Waals surface area contributed by atoms with Gasteiger partial charge in [0.05, 0.1) is 5.75 Å². The fraction of sp³-hybridized carbons (Fsp3) is 0.200. The van der Waals surface area contributed by atoms with Gasteiger partial charge in [-0.1, -0.05) is 35.5 Å². The molecule has 2 aromatic carbocycles. The molecular formula is C20H20ClN5O2S. The molecule has 0 saturated heterocycles. The molecule has 3 rings (SSSR count). The molecule has 0 unspecified atom stereocenters. The zero-order valence-electron chi connectivity index (χ0n) is 16.0. The molecule has 9 heteroatoms. The Morgan fingerprint density at radius 3 is 2.59 bits per heavy atom. The lowest BCUT2D eigenvalue weighted by Gasteiger charge is -2.11. The van der Waals surface area contributed by atoms with Gasteiger partial charge in [-0.25, -0.2) is 4.79 Å². The van der Waals surface area contributed by atoms with Crippen LogP contribution >= 0.6 is 23.4 Å². The Morgan fingerprint density at radius 2 is 1.90 bits per heavy atom. The van der Waals surface area contributed by atoms with Crippen molar-refractivity contribution in [1.82, 2.24) is 25.4 Å². The van der Waals surface area contributed by atoms with Crippen LogP contribution in [0.4, 0.5) is 4.79 Å². The minimum Gasteiger partial charge on any atom is -0.338 e. The molecule has 1 heterocycles. The van der Waals surface area contributed by atoms with Crippen molar-refractivity contribution in [2.24, 2.45) is 0 Å². The van der Waals surface area contributed by atoms with Crippen LogP contribution in [0.15, 0.2) is 53.7 Å². The van der Waals surface area contributed by atoms with E-state index in [0.29, 0.717) is 22.5 Å². The van der Waals surface area contributed by atoms with Gasteiger partial charge < -0.3 is 5.32 Å². The lowest BCUT2D eigenvalue weighted by Crippen LogP contribution is -2.40. The Kier molecular flexibility index (Phi) is 6.90. The number of nitrogens with zero attached hydrogens (tertiary/aromatic N) is 3. The van der Waals surface area contributed by atoms with Gasteiger partial charge in [0.1, 0.15) is 0 Å². The van der Waals surface area contributed by atoms with Crippen LogP contribution in [0.1, 0.15) is 12.5 Å². The second kappa shape index (κ2) is 9.58. The van der Waals surface area contributed by atoms with E-state index in [4.69, 9.17) is 11.6 Å². The number of hydrogen-bond acceptors (Lipinski definition) is 5. The molecule has 29 heavy (non-hydrogen) atoms. The van der Waals surface area contributed by atoms with Gasteiger partial charge in [0.15, 0.2) is 11.0 Å². The van der Waals surface area contributed by atoms with Gasteiger partial charge >= 0.3 is 6.03 Å².